The van der Waals surface area contributed by atoms with Crippen molar-refractivity contribution in [2.75, 3.05) is 5.90 Å². The summed E-state index contributed by atoms with van der Waals surface area (Å²) in [7, 11) is -0.724. The molecule has 0 amide bonds. The molecule has 0 spiro atoms. The summed E-state index contributed by atoms with van der Waals surface area (Å²) in [4.78, 5) is 0. The van der Waals surface area contributed by atoms with E-state index in [1.807, 2.05) is 0 Å². The fourth-order valence-corrected chi connectivity index (χ4v) is 10.4. The van der Waals surface area contributed by atoms with Crippen molar-refractivity contribution in [3.05, 3.63) is 60.7 Å². The molecule has 0 saturated heterocycles. The Morgan fingerprint density at radius 2 is 1.14 bits per heavy atom. The van der Waals surface area contributed by atoms with E-state index in [2.05, 4.69) is 88.4 Å². The molecule has 0 nitrogen and oxygen atoms in total. The van der Waals surface area contributed by atoms with Crippen LogP contribution < -0.4 is 10.6 Å². The van der Waals surface area contributed by atoms with Crippen molar-refractivity contribution in [1.29, 1.82) is 0 Å². The normalized spacial score (nSPS) is 12.4. The molecule has 118 valence electrons. The molecule has 0 radical (unpaired) electrons. The second-order valence-corrected chi connectivity index (χ2v) is 12.1. The monoisotopic (exact) mass is 330 g/mol. The number of benzene rings is 2. The van der Waals surface area contributed by atoms with Gasteiger partial charge in [0, 0.05) is 5.90 Å². The van der Waals surface area contributed by atoms with Gasteiger partial charge in [-0.25, -0.2) is 0 Å². The third-order valence-corrected chi connectivity index (χ3v) is 10.7. The van der Waals surface area contributed by atoms with Gasteiger partial charge in [0.15, 0.2) is 0 Å². The highest BCUT2D eigenvalue weighted by Crippen LogP contribution is 2.64. The summed E-state index contributed by atoms with van der Waals surface area (Å²) < 4.78 is 0. The van der Waals surface area contributed by atoms with Crippen LogP contribution in [-0.2, 0) is 0 Å². The minimum atomic E-state index is -1.06. The molecular formula is C19H29BP2. The Morgan fingerprint density at radius 1 is 0.773 bits per heavy atom. The topological polar surface area (TPSA) is 0 Å². The molecule has 0 aliphatic heterocycles. The van der Waals surface area contributed by atoms with Gasteiger partial charge in [0.1, 0.15) is 7.57 Å². The molecule has 0 bridgehead atoms. The minimum absolute atomic E-state index is 0.0980. The molecule has 0 N–H and O–H groups in total. The van der Waals surface area contributed by atoms with Crippen molar-refractivity contribution < 1.29 is 0 Å². The van der Waals surface area contributed by atoms with Crippen molar-refractivity contribution in [3.8, 4) is 0 Å². The zero-order chi connectivity index (χ0) is 16.2. The molecule has 0 aliphatic rings. The van der Waals surface area contributed by atoms with E-state index in [-0.39, 0.29) is 15.5 Å². The van der Waals surface area contributed by atoms with Crippen LogP contribution in [0.1, 0.15) is 27.7 Å². The fraction of sp³-hybridized carbons (Fsp3) is 0.368. The Morgan fingerprint density at radius 3 is 1.45 bits per heavy atom. The van der Waals surface area contributed by atoms with Crippen LogP contribution in [0.3, 0.4) is 0 Å². The first-order valence-corrected chi connectivity index (χ1v) is 10.9. The van der Waals surface area contributed by atoms with Crippen LogP contribution in [0, 0.1) is 0 Å². The van der Waals surface area contributed by atoms with Gasteiger partial charge in [0.2, 0.25) is 0 Å². The van der Waals surface area contributed by atoms with Gasteiger partial charge in [-0.2, -0.15) is 0 Å². The summed E-state index contributed by atoms with van der Waals surface area (Å²) in [5.41, 5.74) is 1.67. The first-order chi connectivity index (χ1) is 10.4. The maximum Gasteiger partial charge on any atom is 0.138 e. The largest absolute Gasteiger partial charge is 0.138 e. The van der Waals surface area contributed by atoms with Crippen LogP contribution >= 0.6 is 15.1 Å². The molecule has 0 fully saturated rings. The van der Waals surface area contributed by atoms with Gasteiger partial charge < -0.3 is 0 Å². The second-order valence-electron chi connectivity index (χ2n) is 5.94. The van der Waals surface area contributed by atoms with Crippen molar-refractivity contribution in [2.24, 2.45) is 0 Å². The Bertz CT molecular complexity index is 519. The molecule has 0 aromatic heterocycles. The quantitative estimate of drug-likeness (QED) is 0.550. The van der Waals surface area contributed by atoms with Gasteiger partial charge in [-0.15, -0.1) is 0 Å². The van der Waals surface area contributed by atoms with E-state index in [1.54, 1.807) is 10.6 Å². The molecule has 2 aromatic carbocycles. The van der Waals surface area contributed by atoms with Crippen LogP contribution in [0.2, 0.25) is 0 Å². The third-order valence-electron chi connectivity index (χ3n) is 3.77. The molecule has 0 unspecified atom stereocenters. The molecule has 22 heavy (non-hydrogen) atoms. The van der Waals surface area contributed by atoms with E-state index >= 15 is 0 Å². The summed E-state index contributed by atoms with van der Waals surface area (Å²) >= 11 is 0. The highest BCUT2D eigenvalue weighted by atomic mass is 31.2. The third kappa shape index (κ3) is 4.01. The zero-order valence-corrected chi connectivity index (χ0v) is 15.3. The van der Waals surface area contributed by atoms with Gasteiger partial charge >= 0.3 is 0 Å². The predicted octanol–water partition coefficient (Wildman–Crippen LogP) is 4.19. The first-order valence-electron chi connectivity index (χ1n) is 7.73. The number of hydrogen-bond acceptors (Lipinski definition) is 0. The molecule has 3 heteroatoms. The zero-order valence-electron chi connectivity index (χ0n) is 13.5. The van der Waals surface area contributed by atoms with Crippen LogP contribution in [-0.4, -0.2) is 24.8 Å². The Kier molecular flexibility index (Phi) is 6.25. The van der Waals surface area contributed by atoms with Gasteiger partial charge in [-0.3, -0.25) is 0 Å². The van der Waals surface area contributed by atoms with Crippen LogP contribution in [0.25, 0.3) is 0 Å². The smallest absolute Gasteiger partial charge is 0.0887 e. The highest BCUT2D eigenvalue weighted by molar-refractivity contribution is 8.12. The lowest BCUT2D eigenvalue weighted by Crippen LogP contribution is -2.26. The lowest BCUT2D eigenvalue weighted by molar-refractivity contribution is 1.01. The number of hydrogen-bond donors (Lipinski definition) is 0. The maximum absolute atomic E-state index is 2.44. The minimum Gasteiger partial charge on any atom is -0.0887 e. The van der Waals surface area contributed by atoms with E-state index in [9.17, 15) is 0 Å². The van der Waals surface area contributed by atoms with Gasteiger partial charge in [-0.1, -0.05) is 79.2 Å². The van der Waals surface area contributed by atoms with Crippen LogP contribution in [0.15, 0.2) is 60.7 Å². The van der Waals surface area contributed by atoms with Gasteiger partial charge in [-0.05, 0) is 35.6 Å². The SMILES string of the molecule is [BH3-][P+](CP(C(C)C)C(C)C)(c1ccccc1)c1ccccc1. The van der Waals surface area contributed by atoms with E-state index in [1.165, 1.54) is 5.90 Å². The van der Waals surface area contributed by atoms with E-state index in [0.29, 0.717) is 0 Å². The van der Waals surface area contributed by atoms with Crippen LogP contribution in [0.5, 0.6) is 0 Å². The van der Waals surface area contributed by atoms with Crippen molar-refractivity contribution in [2.45, 2.75) is 39.0 Å². The van der Waals surface area contributed by atoms with Crippen molar-refractivity contribution in [3.63, 3.8) is 0 Å². The van der Waals surface area contributed by atoms with Crippen molar-refractivity contribution >= 4 is 33.2 Å². The average molecular weight is 330 g/mol. The predicted molar refractivity (Wildman–Crippen MR) is 111 cm³/mol. The van der Waals surface area contributed by atoms with Crippen molar-refractivity contribution in [1.82, 2.24) is 0 Å². The average Bonchev–Trinajstić information content (AvgIpc) is 2.53. The summed E-state index contributed by atoms with van der Waals surface area (Å²) in [6.45, 7) is 9.75. The molecule has 0 aliphatic carbocycles. The molecule has 0 heterocycles. The Labute approximate surface area is 139 Å². The van der Waals surface area contributed by atoms with E-state index in [4.69, 9.17) is 0 Å². The van der Waals surface area contributed by atoms with Crippen LogP contribution in [0.4, 0.5) is 0 Å². The van der Waals surface area contributed by atoms with E-state index in [0.717, 1.165) is 11.3 Å². The molecular weight excluding hydrogens is 301 g/mol. The summed E-state index contributed by atoms with van der Waals surface area (Å²) in [6, 6.07) is 22.9. The highest BCUT2D eigenvalue weighted by Gasteiger charge is 2.35. The van der Waals surface area contributed by atoms with E-state index < -0.39 is 7.14 Å². The summed E-state index contributed by atoms with van der Waals surface area (Å²) in [5, 5.41) is 3.32. The van der Waals surface area contributed by atoms with Gasteiger partial charge in [0.25, 0.3) is 0 Å². The molecule has 0 atom stereocenters. The first kappa shape index (κ1) is 17.7. The summed E-state index contributed by atoms with van der Waals surface area (Å²) in [5.74, 6) is 1.48. The fourth-order valence-electron chi connectivity index (χ4n) is 2.61. The molecule has 2 aromatic rings. The standard InChI is InChI=1S/C19H29BP2/c1-16(2)21(17(3)4)15-22(20,18-11-7-5-8-12-18)19-13-9-6-10-14-19/h5-14,16-17H,15H2,1-4,20H3. The number of rotatable bonds is 6. The molecule has 0 saturated carbocycles. The second kappa shape index (κ2) is 7.76. The Hall–Kier alpha value is -0.635. The van der Waals surface area contributed by atoms with Gasteiger partial charge in [0.05, 0.1) is 10.6 Å². The lowest BCUT2D eigenvalue weighted by atomic mass is 10.4. The lowest BCUT2D eigenvalue weighted by Gasteiger charge is -2.37. The molecule has 2 rings (SSSR count). The maximum atomic E-state index is 2.44. The summed E-state index contributed by atoms with van der Waals surface area (Å²) in [6.07, 6.45) is 0. The Balaban J connectivity index is 2.47.